The first-order valence-electron chi connectivity index (χ1n) is 7.51. The molecule has 0 spiro atoms. The second kappa shape index (κ2) is 6.07. The maximum atomic E-state index is 10.9. The number of carboxylic acids is 1. The van der Waals surface area contributed by atoms with E-state index >= 15 is 0 Å². The van der Waals surface area contributed by atoms with Crippen LogP contribution in [-0.4, -0.2) is 25.7 Å². The molecule has 7 heteroatoms. The quantitative estimate of drug-likeness (QED) is 0.601. The number of hydrogen-bond acceptors (Lipinski definition) is 4. The molecular formula is C18H12ClN3O3. The summed E-state index contributed by atoms with van der Waals surface area (Å²) in [5.41, 5.74) is 3.29. The minimum Gasteiger partial charge on any atom is -0.476 e. The molecule has 124 valence electrons. The van der Waals surface area contributed by atoms with Crippen LogP contribution in [0, 0.1) is 0 Å². The second-order valence-corrected chi connectivity index (χ2v) is 5.94. The molecule has 0 aliphatic rings. The number of benzene rings is 1. The molecule has 1 N–H and O–H groups in total. The molecule has 0 bridgehead atoms. The number of carboxylic acid groups (broad SMARTS) is 1. The van der Waals surface area contributed by atoms with Crippen LogP contribution in [0.15, 0.2) is 59.2 Å². The molecule has 0 fully saturated rings. The molecule has 0 atom stereocenters. The van der Waals surface area contributed by atoms with Crippen LogP contribution < -0.4 is 0 Å². The summed E-state index contributed by atoms with van der Waals surface area (Å²) in [6.07, 6.45) is 1.40. The lowest BCUT2D eigenvalue weighted by Crippen LogP contribution is -2.01. The summed E-state index contributed by atoms with van der Waals surface area (Å²) < 4.78 is 7.00. The maximum Gasteiger partial charge on any atom is 0.357 e. The van der Waals surface area contributed by atoms with Gasteiger partial charge in [-0.15, -0.1) is 0 Å². The normalized spacial score (nSPS) is 11.1. The van der Waals surface area contributed by atoms with E-state index in [-0.39, 0.29) is 18.0 Å². The van der Waals surface area contributed by atoms with Crippen molar-refractivity contribution < 1.29 is 14.3 Å². The summed E-state index contributed by atoms with van der Waals surface area (Å²) in [6, 6.07) is 15.4. The lowest BCUT2D eigenvalue weighted by molar-refractivity contribution is 0.0690. The zero-order chi connectivity index (χ0) is 17.4. The molecule has 0 saturated carbocycles. The molecule has 0 unspecified atom stereocenters. The average Bonchev–Trinajstić information content (AvgIpc) is 3.22. The third-order valence-electron chi connectivity index (χ3n) is 3.77. The van der Waals surface area contributed by atoms with Gasteiger partial charge in [0.1, 0.15) is 6.26 Å². The lowest BCUT2D eigenvalue weighted by atomic mass is 10.1. The summed E-state index contributed by atoms with van der Waals surface area (Å²) in [5.74, 6) is -0.838. The Bertz CT molecular complexity index is 1070. The molecule has 0 radical (unpaired) electrons. The summed E-state index contributed by atoms with van der Waals surface area (Å²) in [4.78, 5) is 14.9. The molecule has 3 heterocycles. The fourth-order valence-electron chi connectivity index (χ4n) is 2.65. The molecule has 0 aliphatic carbocycles. The van der Waals surface area contributed by atoms with Crippen molar-refractivity contribution >= 4 is 23.1 Å². The van der Waals surface area contributed by atoms with Crippen molar-refractivity contribution in [3.8, 4) is 11.3 Å². The van der Waals surface area contributed by atoms with Crippen molar-refractivity contribution in [2.45, 2.75) is 6.42 Å². The predicted octanol–water partition coefficient (Wildman–Crippen LogP) is 3.93. The zero-order valence-electron chi connectivity index (χ0n) is 12.9. The van der Waals surface area contributed by atoms with Crippen molar-refractivity contribution in [1.82, 2.24) is 14.6 Å². The number of nitrogens with zero attached hydrogens (tertiary/aromatic N) is 3. The van der Waals surface area contributed by atoms with Gasteiger partial charge in [-0.25, -0.2) is 14.3 Å². The van der Waals surface area contributed by atoms with Crippen molar-refractivity contribution in [2.75, 3.05) is 0 Å². The van der Waals surface area contributed by atoms with E-state index in [1.807, 2.05) is 42.5 Å². The zero-order valence-corrected chi connectivity index (χ0v) is 13.6. The Kier molecular flexibility index (Phi) is 3.74. The van der Waals surface area contributed by atoms with E-state index in [1.54, 1.807) is 10.6 Å². The number of hydrogen-bond donors (Lipinski definition) is 1. The van der Waals surface area contributed by atoms with Crippen LogP contribution in [-0.2, 0) is 6.42 Å². The fraction of sp³-hybridized carbons (Fsp3) is 0.0556. The molecule has 6 nitrogen and oxygen atoms in total. The minimum absolute atomic E-state index is 0.126. The van der Waals surface area contributed by atoms with E-state index in [0.29, 0.717) is 5.02 Å². The highest BCUT2D eigenvalue weighted by atomic mass is 35.5. The Morgan fingerprint density at radius 3 is 2.72 bits per heavy atom. The molecule has 4 aromatic rings. The van der Waals surface area contributed by atoms with E-state index in [2.05, 4.69) is 10.1 Å². The van der Waals surface area contributed by atoms with Crippen LogP contribution in [0.1, 0.15) is 22.1 Å². The third-order valence-corrected chi connectivity index (χ3v) is 3.99. The summed E-state index contributed by atoms with van der Waals surface area (Å²) >= 11 is 6.21. The van der Waals surface area contributed by atoms with E-state index in [0.717, 1.165) is 28.7 Å². The molecule has 1 aromatic carbocycles. The minimum atomic E-state index is -1.13. The number of aromatic nitrogens is 3. The molecule has 4 rings (SSSR count). The van der Waals surface area contributed by atoms with E-state index in [9.17, 15) is 4.79 Å². The monoisotopic (exact) mass is 353 g/mol. The van der Waals surface area contributed by atoms with Gasteiger partial charge in [0.25, 0.3) is 0 Å². The average molecular weight is 354 g/mol. The highest BCUT2D eigenvalue weighted by molar-refractivity contribution is 6.31. The van der Waals surface area contributed by atoms with Crippen molar-refractivity contribution in [1.29, 1.82) is 0 Å². The van der Waals surface area contributed by atoms with Gasteiger partial charge in [-0.1, -0.05) is 41.9 Å². The van der Waals surface area contributed by atoms with Gasteiger partial charge in [0.05, 0.1) is 23.3 Å². The Morgan fingerprint density at radius 1 is 1.20 bits per heavy atom. The standard InChI is InChI=1S/C18H12ClN3O3/c19-12-6-13-8-15(11-4-2-1-3-5-11)21-22(13)14(7-12)9-17-20-16(10-25-17)18(23)24/h1-8,10H,9H2,(H,23,24). The molecule has 25 heavy (non-hydrogen) atoms. The maximum absolute atomic E-state index is 10.9. The Labute approximate surface area is 147 Å². The van der Waals surface area contributed by atoms with Crippen LogP contribution in [0.2, 0.25) is 5.02 Å². The summed E-state index contributed by atoms with van der Waals surface area (Å²) in [6.45, 7) is 0. The smallest absolute Gasteiger partial charge is 0.357 e. The molecule has 0 aliphatic heterocycles. The highest BCUT2D eigenvalue weighted by Crippen LogP contribution is 2.24. The van der Waals surface area contributed by atoms with Gasteiger partial charge in [0.15, 0.2) is 5.69 Å². The van der Waals surface area contributed by atoms with Gasteiger partial charge in [-0.3, -0.25) is 0 Å². The Morgan fingerprint density at radius 2 is 2.00 bits per heavy atom. The first-order chi connectivity index (χ1) is 12.1. The number of aromatic carboxylic acids is 1. The Balaban J connectivity index is 1.77. The summed E-state index contributed by atoms with van der Waals surface area (Å²) in [5, 5.41) is 14.1. The topological polar surface area (TPSA) is 80.6 Å². The van der Waals surface area contributed by atoms with Crippen LogP contribution in [0.3, 0.4) is 0 Å². The van der Waals surface area contributed by atoms with Gasteiger partial charge in [-0.05, 0) is 18.2 Å². The van der Waals surface area contributed by atoms with Gasteiger partial charge in [0.2, 0.25) is 5.89 Å². The van der Waals surface area contributed by atoms with Crippen LogP contribution in [0.5, 0.6) is 0 Å². The molecule has 0 amide bonds. The Hall–Kier alpha value is -3.12. The lowest BCUT2D eigenvalue weighted by Gasteiger charge is -2.03. The number of carbonyl (C=O) groups is 1. The largest absolute Gasteiger partial charge is 0.476 e. The number of fused-ring (bicyclic) bond motifs is 1. The number of pyridine rings is 1. The number of oxazole rings is 1. The van der Waals surface area contributed by atoms with Crippen LogP contribution in [0.25, 0.3) is 16.8 Å². The number of halogens is 1. The van der Waals surface area contributed by atoms with Gasteiger partial charge in [0, 0.05) is 10.6 Å². The van der Waals surface area contributed by atoms with Crippen molar-refractivity contribution in [3.63, 3.8) is 0 Å². The number of rotatable bonds is 4. The van der Waals surface area contributed by atoms with Crippen LogP contribution >= 0.6 is 11.6 Å². The molecule has 0 saturated heterocycles. The van der Waals surface area contributed by atoms with Gasteiger partial charge < -0.3 is 9.52 Å². The SMILES string of the molecule is O=C(O)c1coc(Cc2cc(Cl)cc3cc(-c4ccccc4)nn23)n1. The predicted molar refractivity (Wildman–Crippen MR) is 91.9 cm³/mol. The van der Waals surface area contributed by atoms with E-state index in [4.69, 9.17) is 21.1 Å². The molecule has 3 aromatic heterocycles. The van der Waals surface area contributed by atoms with Crippen LogP contribution in [0.4, 0.5) is 0 Å². The molecular weight excluding hydrogens is 342 g/mol. The first kappa shape index (κ1) is 15.4. The van der Waals surface area contributed by atoms with Gasteiger partial charge in [-0.2, -0.15) is 5.10 Å². The van der Waals surface area contributed by atoms with E-state index in [1.165, 1.54) is 0 Å². The van der Waals surface area contributed by atoms with Crippen molar-refractivity contribution in [2.24, 2.45) is 0 Å². The second-order valence-electron chi connectivity index (χ2n) is 5.51. The fourth-order valence-corrected chi connectivity index (χ4v) is 2.89. The highest BCUT2D eigenvalue weighted by Gasteiger charge is 2.14. The third kappa shape index (κ3) is 2.99. The summed E-state index contributed by atoms with van der Waals surface area (Å²) in [7, 11) is 0. The van der Waals surface area contributed by atoms with Gasteiger partial charge >= 0.3 is 5.97 Å². The van der Waals surface area contributed by atoms with Crippen molar-refractivity contribution in [3.05, 3.63) is 77.1 Å². The van der Waals surface area contributed by atoms with E-state index < -0.39 is 5.97 Å². The first-order valence-corrected chi connectivity index (χ1v) is 7.89.